The van der Waals surface area contributed by atoms with E-state index in [4.69, 9.17) is 11.2 Å². The van der Waals surface area contributed by atoms with Crippen LogP contribution in [0.5, 0.6) is 0 Å². The fourth-order valence-corrected chi connectivity index (χ4v) is 1.01. The molecular formula is C8H11NO2. The molecular weight excluding hydrogens is 142 g/mol. The molecule has 3 nitrogen and oxygen atoms in total. The van der Waals surface area contributed by atoms with Gasteiger partial charge in [-0.05, 0) is 18.8 Å². The molecule has 0 heterocycles. The van der Waals surface area contributed by atoms with Crippen molar-refractivity contribution in [1.82, 2.24) is 5.32 Å². The van der Waals surface area contributed by atoms with E-state index in [1.165, 1.54) is 0 Å². The molecule has 0 atom stereocenters. The van der Waals surface area contributed by atoms with Crippen LogP contribution < -0.4 is 5.32 Å². The maximum Gasteiger partial charge on any atom is 0.296 e. The largest absolute Gasteiger partial charge is 0.382 e. The van der Waals surface area contributed by atoms with Gasteiger partial charge in [0, 0.05) is 7.11 Å². The Kier molecular flexibility index (Phi) is 2.16. The summed E-state index contributed by atoms with van der Waals surface area (Å²) in [4.78, 5) is 10.7. The van der Waals surface area contributed by atoms with Gasteiger partial charge in [-0.3, -0.25) is 4.79 Å². The standard InChI is InChI=1S/C8H11NO2/c1-3-7(10)9-8(4-5-8)6-11-2/h1H,4-6H2,2H3,(H,9,10). The van der Waals surface area contributed by atoms with Crippen LogP contribution in [0, 0.1) is 12.3 Å². The lowest BCUT2D eigenvalue weighted by molar-refractivity contribution is -0.117. The van der Waals surface area contributed by atoms with Crippen LogP contribution in [0.3, 0.4) is 0 Å². The highest BCUT2D eigenvalue weighted by Gasteiger charge is 2.43. The van der Waals surface area contributed by atoms with Gasteiger partial charge in [0.25, 0.3) is 5.91 Å². The van der Waals surface area contributed by atoms with Gasteiger partial charge in [0.15, 0.2) is 0 Å². The van der Waals surface area contributed by atoms with Crippen molar-refractivity contribution in [2.45, 2.75) is 18.4 Å². The number of hydrogen-bond donors (Lipinski definition) is 1. The van der Waals surface area contributed by atoms with Crippen molar-refractivity contribution in [2.24, 2.45) is 0 Å². The number of rotatable bonds is 3. The van der Waals surface area contributed by atoms with Crippen molar-refractivity contribution < 1.29 is 9.53 Å². The molecule has 1 N–H and O–H groups in total. The SMILES string of the molecule is C#CC(=O)NC1(COC)CC1. The number of amides is 1. The van der Waals surface area contributed by atoms with Crippen molar-refractivity contribution in [2.75, 3.05) is 13.7 Å². The molecule has 0 aromatic carbocycles. The third-order valence-corrected chi connectivity index (χ3v) is 1.78. The van der Waals surface area contributed by atoms with E-state index in [9.17, 15) is 4.79 Å². The predicted octanol–water partition coefficient (Wildman–Crippen LogP) is -0.0852. The normalized spacial score (nSPS) is 18.5. The lowest BCUT2D eigenvalue weighted by Crippen LogP contribution is -2.39. The number of carbonyl (C=O) groups excluding carboxylic acids is 1. The Morgan fingerprint density at radius 2 is 2.45 bits per heavy atom. The molecule has 1 saturated carbocycles. The molecule has 1 amide bonds. The zero-order chi connectivity index (χ0) is 8.32. The molecule has 60 valence electrons. The van der Waals surface area contributed by atoms with E-state index >= 15 is 0 Å². The molecule has 11 heavy (non-hydrogen) atoms. The highest BCUT2D eigenvalue weighted by molar-refractivity contribution is 5.93. The molecule has 0 aromatic heterocycles. The van der Waals surface area contributed by atoms with Gasteiger partial charge >= 0.3 is 0 Å². The second kappa shape index (κ2) is 2.93. The van der Waals surface area contributed by atoms with E-state index in [0.29, 0.717) is 6.61 Å². The quantitative estimate of drug-likeness (QED) is 0.576. The molecule has 0 saturated heterocycles. The summed E-state index contributed by atoms with van der Waals surface area (Å²) in [6, 6.07) is 0. The molecule has 1 aliphatic rings. The molecule has 1 fully saturated rings. The summed E-state index contributed by atoms with van der Waals surface area (Å²) < 4.78 is 4.93. The smallest absolute Gasteiger partial charge is 0.296 e. The van der Waals surface area contributed by atoms with Gasteiger partial charge in [-0.2, -0.15) is 0 Å². The number of carbonyl (C=O) groups is 1. The first-order valence-corrected chi connectivity index (χ1v) is 3.50. The Hall–Kier alpha value is -1.01. The first-order valence-electron chi connectivity index (χ1n) is 3.50. The fraction of sp³-hybridized carbons (Fsp3) is 0.625. The van der Waals surface area contributed by atoms with Crippen LogP contribution in [0.1, 0.15) is 12.8 Å². The minimum absolute atomic E-state index is 0.141. The second-order valence-electron chi connectivity index (χ2n) is 2.81. The highest BCUT2D eigenvalue weighted by atomic mass is 16.5. The lowest BCUT2D eigenvalue weighted by atomic mass is 10.3. The molecule has 0 radical (unpaired) electrons. The maximum atomic E-state index is 10.7. The predicted molar refractivity (Wildman–Crippen MR) is 40.8 cm³/mol. The lowest BCUT2D eigenvalue weighted by Gasteiger charge is -2.13. The molecule has 0 unspecified atom stereocenters. The van der Waals surface area contributed by atoms with E-state index in [2.05, 4.69) is 5.32 Å². The van der Waals surface area contributed by atoms with Crippen LogP contribution in [0.25, 0.3) is 0 Å². The minimum atomic E-state index is -0.348. The van der Waals surface area contributed by atoms with Crippen molar-refractivity contribution >= 4 is 5.91 Å². The first kappa shape index (κ1) is 8.09. The molecule has 3 heteroatoms. The molecule has 1 aliphatic carbocycles. The summed E-state index contributed by atoms with van der Waals surface area (Å²) in [6.07, 6.45) is 6.83. The summed E-state index contributed by atoms with van der Waals surface area (Å²) >= 11 is 0. The van der Waals surface area contributed by atoms with Crippen LogP contribution in [-0.4, -0.2) is 25.2 Å². The number of methoxy groups -OCH3 is 1. The van der Waals surface area contributed by atoms with E-state index in [-0.39, 0.29) is 11.4 Å². The van der Waals surface area contributed by atoms with Gasteiger partial charge in [-0.25, -0.2) is 0 Å². The fourth-order valence-electron chi connectivity index (χ4n) is 1.01. The Morgan fingerprint density at radius 3 is 2.82 bits per heavy atom. The topological polar surface area (TPSA) is 38.3 Å². The van der Waals surface area contributed by atoms with E-state index in [0.717, 1.165) is 12.8 Å². The third kappa shape index (κ3) is 1.95. The van der Waals surface area contributed by atoms with Crippen LogP contribution in [0.2, 0.25) is 0 Å². The molecule has 0 bridgehead atoms. The Balaban J connectivity index is 2.36. The summed E-state index contributed by atoms with van der Waals surface area (Å²) in [5.41, 5.74) is -0.141. The summed E-state index contributed by atoms with van der Waals surface area (Å²) in [5, 5.41) is 2.72. The van der Waals surface area contributed by atoms with E-state index in [1.807, 2.05) is 5.92 Å². The van der Waals surface area contributed by atoms with Gasteiger partial charge < -0.3 is 10.1 Å². The zero-order valence-electron chi connectivity index (χ0n) is 6.52. The molecule has 1 rings (SSSR count). The average Bonchev–Trinajstić information content (AvgIpc) is 2.70. The van der Waals surface area contributed by atoms with Crippen LogP contribution in [-0.2, 0) is 9.53 Å². The van der Waals surface area contributed by atoms with Crippen molar-refractivity contribution in [1.29, 1.82) is 0 Å². The second-order valence-corrected chi connectivity index (χ2v) is 2.81. The van der Waals surface area contributed by atoms with E-state index in [1.54, 1.807) is 7.11 Å². The molecule has 0 spiro atoms. The average molecular weight is 153 g/mol. The Labute approximate surface area is 66.1 Å². The van der Waals surface area contributed by atoms with Gasteiger partial charge in [0.05, 0.1) is 12.1 Å². The van der Waals surface area contributed by atoms with Gasteiger partial charge in [-0.15, -0.1) is 6.42 Å². The minimum Gasteiger partial charge on any atom is -0.382 e. The third-order valence-electron chi connectivity index (χ3n) is 1.78. The summed E-state index contributed by atoms with van der Waals surface area (Å²) in [5.74, 6) is 1.67. The monoisotopic (exact) mass is 153 g/mol. The van der Waals surface area contributed by atoms with Crippen LogP contribution in [0.15, 0.2) is 0 Å². The van der Waals surface area contributed by atoms with Crippen molar-refractivity contribution in [3.63, 3.8) is 0 Å². The summed E-state index contributed by atoms with van der Waals surface area (Å²) in [7, 11) is 1.61. The number of nitrogens with one attached hydrogen (secondary N) is 1. The van der Waals surface area contributed by atoms with Crippen molar-refractivity contribution in [3.05, 3.63) is 0 Å². The van der Waals surface area contributed by atoms with Gasteiger partial charge in [0.2, 0.25) is 0 Å². The number of terminal acetylenes is 1. The van der Waals surface area contributed by atoms with Crippen LogP contribution >= 0.6 is 0 Å². The zero-order valence-corrected chi connectivity index (χ0v) is 6.52. The van der Waals surface area contributed by atoms with Gasteiger partial charge in [-0.1, -0.05) is 0 Å². The van der Waals surface area contributed by atoms with Crippen molar-refractivity contribution in [3.8, 4) is 12.3 Å². The Bertz CT molecular complexity index is 201. The maximum absolute atomic E-state index is 10.7. The number of ether oxygens (including phenoxy) is 1. The first-order chi connectivity index (χ1) is 5.22. The summed E-state index contributed by atoms with van der Waals surface area (Å²) in [6.45, 7) is 0.556. The van der Waals surface area contributed by atoms with E-state index < -0.39 is 0 Å². The Morgan fingerprint density at radius 1 is 1.82 bits per heavy atom. The number of hydrogen-bond acceptors (Lipinski definition) is 2. The molecule has 0 aliphatic heterocycles. The highest BCUT2D eigenvalue weighted by Crippen LogP contribution is 2.35. The van der Waals surface area contributed by atoms with Crippen LogP contribution in [0.4, 0.5) is 0 Å². The van der Waals surface area contributed by atoms with Gasteiger partial charge in [0.1, 0.15) is 0 Å². The molecule has 0 aromatic rings.